The molecule has 0 aliphatic heterocycles. The fourth-order valence-corrected chi connectivity index (χ4v) is 1.04. The SMILES string of the molecule is COC(=O)CCCCNC(=O)NCCCO. The highest BCUT2D eigenvalue weighted by molar-refractivity contribution is 5.73. The van der Waals surface area contributed by atoms with Crippen LogP contribution in [0.1, 0.15) is 25.7 Å². The van der Waals surface area contributed by atoms with Crippen LogP contribution in [0.5, 0.6) is 0 Å². The number of hydrogen-bond acceptors (Lipinski definition) is 4. The molecule has 0 saturated carbocycles. The predicted molar refractivity (Wildman–Crippen MR) is 59.0 cm³/mol. The van der Waals surface area contributed by atoms with Gasteiger partial charge in [-0.15, -0.1) is 0 Å². The number of methoxy groups -OCH3 is 1. The number of aliphatic hydroxyl groups excluding tert-OH is 1. The van der Waals surface area contributed by atoms with Crippen molar-refractivity contribution in [3.63, 3.8) is 0 Å². The van der Waals surface area contributed by atoms with Crippen LogP contribution in [0.3, 0.4) is 0 Å². The first-order valence-corrected chi connectivity index (χ1v) is 5.40. The van der Waals surface area contributed by atoms with E-state index in [-0.39, 0.29) is 18.6 Å². The zero-order valence-electron chi connectivity index (χ0n) is 9.62. The Morgan fingerprint density at radius 3 is 2.31 bits per heavy atom. The van der Waals surface area contributed by atoms with Gasteiger partial charge in [0.15, 0.2) is 0 Å². The number of aliphatic hydroxyl groups is 1. The molecule has 0 fully saturated rings. The van der Waals surface area contributed by atoms with Gasteiger partial charge in [0.25, 0.3) is 0 Å². The van der Waals surface area contributed by atoms with E-state index < -0.39 is 0 Å². The number of amides is 2. The van der Waals surface area contributed by atoms with Crippen LogP contribution in [-0.4, -0.2) is 43.9 Å². The van der Waals surface area contributed by atoms with Gasteiger partial charge in [0.2, 0.25) is 0 Å². The van der Waals surface area contributed by atoms with Crippen LogP contribution < -0.4 is 10.6 Å². The summed E-state index contributed by atoms with van der Waals surface area (Å²) in [4.78, 5) is 21.8. The average Bonchev–Trinajstić information content (AvgIpc) is 2.28. The van der Waals surface area contributed by atoms with Crippen molar-refractivity contribution in [1.82, 2.24) is 10.6 Å². The van der Waals surface area contributed by atoms with E-state index in [0.717, 1.165) is 6.42 Å². The third-order valence-electron chi connectivity index (χ3n) is 1.94. The summed E-state index contributed by atoms with van der Waals surface area (Å²) in [6.45, 7) is 1.06. The quantitative estimate of drug-likeness (QED) is 0.406. The summed E-state index contributed by atoms with van der Waals surface area (Å²) in [5.74, 6) is -0.229. The summed E-state index contributed by atoms with van der Waals surface area (Å²) in [7, 11) is 1.36. The smallest absolute Gasteiger partial charge is 0.314 e. The number of hydrogen-bond donors (Lipinski definition) is 3. The lowest BCUT2D eigenvalue weighted by Crippen LogP contribution is -2.36. The number of carbonyl (C=O) groups excluding carboxylic acids is 2. The first-order valence-electron chi connectivity index (χ1n) is 5.40. The highest BCUT2D eigenvalue weighted by Gasteiger charge is 2.00. The molecule has 0 bridgehead atoms. The van der Waals surface area contributed by atoms with Gasteiger partial charge in [0.1, 0.15) is 0 Å². The van der Waals surface area contributed by atoms with Gasteiger partial charge in [-0.1, -0.05) is 0 Å². The molecule has 0 aromatic carbocycles. The second-order valence-electron chi connectivity index (χ2n) is 3.29. The topological polar surface area (TPSA) is 87.7 Å². The summed E-state index contributed by atoms with van der Waals surface area (Å²) in [6, 6.07) is -0.244. The molecule has 6 nitrogen and oxygen atoms in total. The van der Waals surface area contributed by atoms with E-state index in [9.17, 15) is 9.59 Å². The van der Waals surface area contributed by atoms with E-state index in [1.165, 1.54) is 7.11 Å². The third-order valence-corrected chi connectivity index (χ3v) is 1.94. The summed E-state index contributed by atoms with van der Waals surface area (Å²) < 4.78 is 4.48. The van der Waals surface area contributed by atoms with Crippen LogP contribution in [0, 0.1) is 0 Å². The Bertz CT molecular complexity index is 209. The second-order valence-corrected chi connectivity index (χ2v) is 3.29. The molecule has 94 valence electrons. The largest absolute Gasteiger partial charge is 0.469 e. The molecule has 3 N–H and O–H groups in total. The molecule has 0 aliphatic rings. The third kappa shape index (κ3) is 9.26. The van der Waals surface area contributed by atoms with Crippen molar-refractivity contribution in [2.45, 2.75) is 25.7 Å². The Labute approximate surface area is 95.4 Å². The van der Waals surface area contributed by atoms with E-state index >= 15 is 0 Å². The fraction of sp³-hybridized carbons (Fsp3) is 0.800. The zero-order chi connectivity index (χ0) is 12.2. The molecule has 0 unspecified atom stereocenters. The molecule has 0 saturated heterocycles. The van der Waals surface area contributed by atoms with Gasteiger partial charge in [-0.05, 0) is 19.3 Å². The lowest BCUT2D eigenvalue weighted by Gasteiger charge is -2.06. The summed E-state index contributed by atoms with van der Waals surface area (Å²) in [6.07, 6.45) is 2.37. The highest BCUT2D eigenvalue weighted by Crippen LogP contribution is 1.95. The number of rotatable bonds is 8. The molecular weight excluding hydrogens is 212 g/mol. The average molecular weight is 232 g/mol. The zero-order valence-corrected chi connectivity index (χ0v) is 9.62. The van der Waals surface area contributed by atoms with Crippen LogP contribution in [0.25, 0.3) is 0 Å². The standard InChI is InChI=1S/C10H20N2O4/c1-16-9(14)5-2-3-6-11-10(15)12-7-4-8-13/h13H,2-8H2,1H3,(H2,11,12,15). The van der Waals surface area contributed by atoms with Crippen molar-refractivity contribution in [2.24, 2.45) is 0 Å². The van der Waals surface area contributed by atoms with E-state index in [1.807, 2.05) is 0 Å². The van der Waals surface area contributed by atoms with Crippen LogP contribution in [-0.2, 0) is 9.53 Å². The minimum absolute atomic E-state index is 0.0689. The summed E-state index contributed by atoms with van der Waals surface area (Å²) in [5, 5.41) is 13.7. The first-order chi connectivity index (χ1) is 7.70. The number of nitrogens with one attached hydrogen (secondary N) is 2. The maximum absolute atomic E-state index is 11.1. The van der Waals surface area contributed by atoms with Crippen molar-refractivity contribution in [2.75, 3.05) is 26.8 Å². The Morgan fingerprint density at radius 1 is 1.12 bits per heavy atom. The monoisotopic (exact) mass is 232 g/mol. The normalized spacial score (nSPS) is 9.62. The molecule has 16 heavy (non-hydrogen) atoms. The van der Waals surface area contributed by atoms with Crippen LogP contribution in [0.2, 0.25) is 0 Å². The molecule has 6 heteroatoms. The maximum Gasteiger partial charge on any atom is 0.314 e. The van der Waals surface area contributed by atoms with Gasteiger partial charge in [-0.2, -0.15) is 0 Å². The molecule has 0 aromatic heterocycles. The van der Waals surface area contributed by atoms with Crippen LogP contribution >= 0.6 is 0 Å². The van der Waals surface area contributed by atoms with Gasteiger partial charge in [-0.3, -0.25) is 4.79 Å². The summed E-state index contributed by atoms with van der Waals surface area (Å²) in [5.41, 5.74) is 0. The molecule has 0 aliphatic carbocycles. The molecule has 0 radical (unpaired) electrons. The molecule has 0 atom stereocenters. The van der Waals surface area contributed by atoms with Crippen molar-refractivity contribution in [3.8, 4) is 0 Å². The number of carbonyl (C=O) groups is 2. The molecule has 0 rings (SSSR count). The van der Waals surface area contributed by atoms with Gasteiger partial charge in [-0.25, -0.2) is 4.79 Å². The maximum atomic E-state index is 11.1. The Balaban J connectivity index is 3.24. The number of ether oxygens (including phenoxy) is 1. The van der Waals surface area contributed by atoms with Gasteiger partial charge in [0.05, 0.1) is 7.11 Å². The van der Waals surface area contributed by atoms with Gasteiger partial charge < -0.3 is 20.5 Å². The van der Waals surface area contributed by atoms with Crippen molar-refractivity contribution in [1.29, 1.82) is 0 Å². The van der Waals surface area contributed by atoms with E-state index in [0.29, 0.717) is 32.4 Å². The Hall–Kier alpha value is -1.30. The van der Waals surface area contributed by atoms with Crippen molar-refractivity contribution in [3.05, 3.63) is 0 Å². The Kier molecular flexibility index (Phi) is 9.39. The highest BCUT2D eigenvalue weighted by atomic mass is 16.5. The van der Waals surface area contributed by atoms with E-state index in [2.05, 4.69) is 15.4 Å². The van der Waals surface area contributed by atoms with Crippen molar-refractivity contribution < 1.29 is 19.4 Å². The van der Waals surface area contributed by atoms with Gasteiger partial charge in [0, 0.05) is 26.1 Å². The van der Waals surface area contributed by atoms with Gasteiger partial charge >= 0.3 is 12.0 Å². The lowest BCUT2D eigenvalue weighted by molar-refractivity contribution is -0.140. The van der Waals surface area contributed by atoms with Crippen LogP contribution in [0.15, 0.2) is 0 Å². The van der Waals surface area contributed by atoms with Crippen molar-refractivity contribution >= 4 is 12.0 Å². The molecular formula is C10H20N2O4. The minimum Gasteiger partial charge on any atom is -0.469 e. The molecule has 0 aromatic rings. The molecule has 0 spiro atoms. The van der Waals surface area contributed by atoms with E-state index in [1.54, 1.807) is 0 Å². The Morgan fingerprint density at radius 2 is 1.75 bits per heavy atom. The number of urea groups is 1. The van der Waals surface area contributed by atoms with E-state index in [4.69, 9.17) is 5.11 Å². The predicted octanol–water partition coefficient (Wildman–Crippen LogP) is 0.0113. The summed E-state index contributed by atoms with van der Waals surface area (Å²) >= 11 is 0. The minimum atomic E-state index is -0.244. The first kappa shape index (κ1) is 14.7. The molecule has 2 amide bonds. The number of unbranched alkanes of at least 4 members (excludes halogenated alkanes) is 1. The lowest BCUT2D eigenvalue weighted by atomic mass is 10.2. The number of esters is 1. The second kappa shape index (κ2) is 10.2. The molecule has 0 heterocycles. The fourth-order valence-electron chi connectivity index (χ4n) is 1.04. The van der Waals surface area contributed by atoms with Crippen LogP contribution in [0.4, 0.5) is 4.79 Å².